The number of aromatic hydroxyl groups is 1. The topological polar surface area (TPSA) is 46.9 Å². The van der Waals surface area contributed by atoms with Gasteiger partial charge in [0.05, 0.1) is 0 Å². The lowest BCUT2D eigenvalue weighted by Gasteiger charge is -2.32. The van der Waals surface area contributed by atoms with Crippen molar-refractivity contribution in [3.05, 3.63) is 101 Å². The predicted octanol–water partition coefficient (Wildman–Crippen LogP) is 4.87. The van der Waals surface area contributed by atoms with Gasteiger partial charge >= 0.3 is 0 Å². The van der Waals surface area contributed by atoms with Crippen molar-refractivity contribution in [2.45, 2.75) is 19.4 Å². The summed E-state index contributed by atoms with van der Waals surface area (Å²) < 4.78 is 0. The van der Waals surface area contributed by atoms with Gasteiger partial charge in [0.2, 0.25) is 0 Å². The van der Waals surface area contributed by atoms with Crippen molar-refractivity contribution in [2.24, 2.45) is 0 Å². The maximum Gasteiger partial charge on any atom is 0.115 e. The maximum atomic E-state index is 9.86. The number of allylic oxidation sites excluding steroid dienone is 1. The summed E-state index contributed by atoms with van der Waals surface area (Å²) in [5.74, 6) is 0.261. The van der Waals surface area contributed by atoms with Crippen LogP contribution in [0, 0.1) is 0 Å². The zero-order chi connectivity index (χ0) is 23.0. The zero-order valence-electron chi connectivity index (χ0n) is 19.5. The van der Waals surface area contributed by atoms with E-state index in [1.165, 1.54) is 11.1 Å². The van der Waals surface area contributed by atoms with E-state index >= 15 is 0 Å². The second kappa shape index (κ2) is 11.3. The van der Waals surface area contributed by atoms with E-state index in [2.05, 4.69) is 65.4 Å². The lowest BCUT2D eigenvalue weighted by atomic mass is 9.87. The van der Waals surface area contributed by atoms with Gasteiger partial charge in [0, 0.05) is 39.3 Å². The van der Waals surface area contributed by atoms with Gasteiger partial charge in [-0.2, -0.15) is 0 Å². The van der Waals surface area contributed by atoms with Crippen molar-refractivity contribution in [1.29, 1.82) is 0 Å². The number of hydrogen-bond acceptors (Lipinski definition) is 4. The van der Waals surface area contributed by atoms with Crippen LogP contribution in [0.3, 0.4) is 0 Å². The molecule has 0 radical (unpaired) electrons. The minimum absolute atomic E-state index is 0.156. The molecule has 33 heavy (non-hydrogen) atoms. The normalized spacial score (nSPS) is 15.9. The van der Waals surface area contributed by atoms with Gasteiger partial charge in [-0.3, -0.25) is 4.90 Å². The standard InChI is InChI=1S/C29H34N2O2/c1-30-17-19-31(20-18-30)22-23-9-11-25(12-10-23)29(26-13-15-27(33)16-14-26)28(8-5-21-32)24-6-3-2-4-7-24/h2-4,6-7,9-16,32-33H,5,8,17-22H2,1H3/b29-28+. The third-order valence-corrected chi connectivity index (χ3v) is 6.41. The van der Waals surface area contributed by atoms with Crippen LogP contribution in [0.4, 0.5) is 0 Å². The summed E-state index contributed by atoms with van der Waals surface area (Å²) in [4.78, 5) is 4.90. The monoisotopic (exact) mass is 442 g/mol. The Bertz CT molecular complexity index is 1040. The number of piperazine rings is 1. The first kappa shape index (κ1) is 23.2. The Hall–Kier alpha value is -2.92. The quantitative estimate of drug-likeness (QED) is 0.489. The number of aliphatic hydroxyl groups is 1. The molecule has 172 valence electrons. The van der Waals surface area contributed by atoms with E-state index in [1.54, 1.807) is 12.1 Å². The van der Waals surface area contributed by atoms with Crippen LogP contribution in [-0.4, -0.2) is 59.8 Å². The van der Waals surface area contributed by atoms with E-state index < -0.39 is 0 Å². The number of likely N-dealkylation sites (N-methyl/N-ethyl adjacent to an activating group) is 1. The van der Waals surface area contributed by atoms with Crippen molar-refractivity contribution >= 4 is 11.1 Å². The van der Waals surface area contributed by atoms with E-state index in [0.717, 1.165) is 61.4 Å². The van der Waals surface area contributed by atoms with Crippen LogP contribution >= 0.6 is 0 Å². The molecule has 0 atom stereocenters. The molecule has 1 saturated heterocycles. The molecule has 1 heterocycles. The van der Waals surface area contributed by atoms with Crippen molar-refractivity contribution in [2.75, 3.05) is 39.8 Å². The fourth-order valence-corrected chi connectivity index (χ4v) is 4.49. The van der Waals surface area contributed by atoms with Gasteiger partial charge in [-0.05, 0) is 65.4 Å². The molecular formula is C29H34N2O2. The van der Waals surface area contributed by atoms with Crippen LogP contribution in [0.1, 0.15) is 35.1 Å². The van der Waals surface area contributed by atoms with Gasteiger partial charge in [0.15, 0.2) is 0 Å². The highest BCUT2D eigenvalue weighted by Gasteiger charge is 2.16. The van der Waals surface area contributed by atoms with E-state index in [-0.39, 0.29) is 12.4 Å². The molecule has 0 saturated carbocycles. The molecule has 1 fully saturated rings. The smallest absolute Gasteiger partial charge is 0.115 e. The molecule has 2 N–H and O–H groups in total. The Morgan fingerprint density at radius 1 is 0.758 bits per heavy atom. The molecule has 4 nitrogen and oxygen atoms in total. The summed E-state index contributed by atoms with van der Waals surface area (Å²) in [7, 11) is 2.18. The molecule has 0 bridgehead atoms. The highest BCUT2D eigenvalue weighted by molar-refractivity contribution is 5.98. The SMILES string of the molecule is CN1CCN(Cc2ccc(/C(=C(/CCCO)c3ccccc3)c3ccc(O)cc3)cc2)CC1. The number of aliphatic hydroxyl groups excluding tert-OH is 1. The maximum absolute atomic E-state index is 9.86. The van der Waals surface area contributed by atoms with Gasteiger partial charge < -0.3 is 15.1 Å². The minimum Gasteiger partial charge on any atom is -0.508 e. The Labute approximate surface area is 197 Å². The largest absolute Gasteiger partial charge is 0.508 e. The van der Waals surface area contributed by atoms with E-state index in [4.69, 9.17) is 0 Å². The van der Waals surface area contributed by atoms with Crippen LogP contribution in [-0.2, 0) is 6.54 Å². The number of nitrogens with zero attached hydrogens (tertiary/aromatic N) is 2. The van der Waals surface area contributed by atoms with Crippen molar-refractivity contribution < 1.29 is 10.2 Å². The van der Waals surface area contributed by atoms with Crippen molar-refractivity contribution in [3.8, 4) is 5.75 Å². The molecule has 3 aromatic carbocycles. The lowest BCUT2D eigenvalue weighted by molar-refractivity contribution is 0.148. The van der Waals surface area contributed by atoms with Gasteiger partial charge in [-0.15, -0.1) is 0 Å². The highest BCUT2D eigenvalue weighted by Crippen LogP contribution is 2.36. The first-order chi connectivity index (χ1) is 16.1. The first-order valence-corrected chi connectivity index (χ1v) is 11.8. The third-order valence-electron chi connectivity index (χ3n) is 6.41. The second-order valence-corrected chi connectivity index (χ2v) is 8.87. The molecule has 0 amide bonds. The van der Waals surface area contributed by atoms with Crippen LogP contribution in [0.5, 0.6) is 5.75 Å². The summed E-state index contributed by atoms with van der Waals surface area (Å²) in [6.45, 7) is 5.59. The van der Waals surface area contributed by atoms with E-state index in [0.29, 0.717) is 6.42 Å². The molecule has 4 heteroatoms. The summed E-state index contributed by atoms with van der Waals surface area (Å²) in [6.07, 6.45) is 1.48. The molecule has 3 aromatic rings. The third kappa shape index (κ3) is 6.11. The molecule has 0 unspecified atom stereocenters. The molecule has 1 aliphatic rings. The number of hydrogen-bond donors (Lipinski definition) is 2. The summed E-state index contributed by atoms with van der Waals surface area (Å²) >= 11 is 0. The molecule has 0 spiro atoms. The summed E-state index contributed by atoms with van der Waals surface area (Å²) in [5.41, 5.74) is 7.07. The molecular weight excluding hydrogens is 408 g/mol. The molecule has 4 rings (SSSR count). The van der Waals surface area contributed by atoms with Gasteiger partial charge in [-0.1, -0.05) is 66.7 Å². The number of rotatable bonds is 8. The van der Waals surface area contributed by atoms with Gasteiger partial charge in [0.1, 0.15) is 5.75 Å². The fourth-order valence-electron chi connectivity index (χ4n) is 4.49. The number of phenols is 1. The molecule has 0 aliphatic carbocycles. The average molecular weight is 443 g/mol. The van der Waals surface area contributed by atoms with Crippen LogP contribution in [0.25, 0.3) is 11.1 Å². The van der Waals surface area contributed by atoms with Gasteiger partial charge in [0.25, 0.3) is 0 Å². The Kier molecular flexibility index (Phi) is 7.95. The van der Waals surface area contributed by atoms with Gasteiger partial charge in [-0.25, -0.2) is 0 Å². The highest BCUT2D eigenvalue weighted by atomic mass is 16.3. The minimum atomic E-state index is 0.156. The summed E-state index contributed by atoms with van der Waals surface area (Å²) in [5, 5.41) is 19.4. The Morgan fingerprint density at radius 3 is 1.97 bits per heavy atom. The molecule has 0 aromatic heterocycles. The van der Waals surface area contributed by atoms with Crippen LogP contribution < -0.4 is 0 Å². The van der Waals surface area contributed by atoms with Crippen molar-refractivity contribution in [1.82, 2.24) is 9.80 Å². The number of phenolic OH excluding ortho intramolecular Hbond substituents is 1. The second-order valence-electron chi connectivity index (χ2n) is 8.87. The van der Waals surface area contributed by atoms with Crippen molar-refractivity contribution in [3.63, 3.8) is 0 Å². The fraction of sp³-hybridized carbons (Fsp3) is 0.310. The van der Waals surface area contributed by atoms with E-state index in [9.17, 15) is 10.2 Å². The summed E-state index contributed by atoms with van der Waals surface area (Å²) in [6, 6.07) is 26.8. The first-order valence-electron chi connectivity index (χ1n) is 11.8. The van der Waals surface area contributed by atoms with Crippen LogP contribution in [0.2, 0.25) is 0 Å². The Balaban J connectivity index is 1.71. The molecule has 1 aliphatic heterocycles. The Morgan fingerprint density at radius 2 is 1.36 bits per heavy atom. The van der Waals surface area contributed by atoms with E-state index in [1.807, 2.05) is 18.2 Å². The lowest BCUT2D eigenvalue weighted by Crippen LogP contribution is -2.43. The van der Waals surface area contributed by atoms with Crippen LogP contribution in [0.15, 0.2) is 78.9 Å². The zero-order valence-corrected chi connectivity index (χ0v) is 19.5. The number of benzene rings is 3. The predicted molar refractivity (Wildman–Crippen MR) is 136 cm³/mol. The average Bonchev–Trinajstić information content (AvgIpc) is 2.85.